The molecule has 0 heterocycles. The summed E-state index contributed by atoms with van der Waals surface area (Å²) in [7, 11) is 1.60. The molecule has 22 heavy (non-hydrogen) atoms. The molecule has 0 aliphatic heterocycles. The van der Waals surface area contributed by atoms with Crippen molar-refractivity contribution in [3.63, 3.8) is 0 Å². The molecule has 6 heteroatoms. The molecule has 0 bridgehead atoms. The maximum absolute atomic E-state index is 11.7. The predicted molar refractivity (Wildman–Crippen MR) is 83.6 cm³/mol. The third-order valence-corrected chi connectivity index (χ3v) is 2.96. The van der Waals surface area contributed by atoms with Crippen LogP contribution in [-0.4, -0.2) is 38.1 Å². The molecule has 2 N–H and O–H groups in total. The van der Waals surface area contributed by atoms with Crippen LogP contribution < -0.4 is 15.4 Å². The van der Waals surface area contributed by atoms with E-state index < -0.39 is 6.04 Å². The number of amides is 2. The summed E-state index contributed by atoms with van der Waals surface area (Å²) >= 11 is 0. The molecule has 1 aromatic carbocycles. The minimum Gasteiger partial charge on any atom is -0.497 e. The first-order valence-corrected chi connectivity index (χ1v) is 7.34. The van der Waals surface area contributed by atoms with E-state index in [4.69, 9.17) is 9.47 Å². The molecular weight excluding hydrogens is 284 g/mol. The van der Waals surface area contributed by atoms with Gasteiger partial charge in [0.15, 0.2) is 0 Å². The second kappa shape index (κ2) is 9.78. The van der Waals surface area contributed by atoms with E-state index >= 15 is 0 Å². The van der Waals surface area contributed by atoms with Gasteiger partial charge in [0.25, 0.3) is 0 Å². The van der Waals surface area contributed by atoms with E-state index in [9.17, 15) is 9.59 Å². The highest BCUT2D eigenvalue weighted by Gasteiger charge is 2.14. The Bertz CT molecular complexity index is 491. The lowest BCUT2D eigenvalue weighted by molar-refractivity contribution is -0.131. The zero-order valence-electron chi connectivity index (χ0n) is 13.3. The Labute approximate surface area is 131 Å². The molecule has 0 unspecified atom stereocenters. The van der Waals surface area contributed by atoms with Crippen molar-refractivity contribution < 1.29 is 19.1 Å². The van der Waals surface area contributed by atoms with Crippen LogP contribution in [0.1, 0.15) is 25.8 Å². The first kappa shape index (κ1) is 18.0. The highest BCUT2D eigenvalue weighted by molar-refractivity contribution is 5.87. The Morgan fingerprint density at radius 3 is 2.77 bits per heavy atom. The van der Waals surface area contributed by atoms with Gasteiger partial charge in [0.05, 0.1) is 13.7 Å². The van der Waals surface area contributed by atoms with Gasteiger partial charge in [-0.2, -0.15) is 0 Å². The largest absolute Gasteiger partial charge is 0.497 e. The number of ether oxygens (including phenoxy) is 2. The van der Waals surface area contributed by atoms with E-state index in [0.717, 1.165) is 17.7 Å². The Hall–Kier alpha value is -2.08. The number of benzene rings is 1. The lowest BCUT2D eigenvalue weighted by Crippen LogP contribution is -2.46. The fourth-order valence-corrected chi connectivity index (χ4v) is 1.77. The first-order valence-electron chi connectivity index (χ1n) is 7.34. The minimum atomic E-state index is -0.570. The predicted octanol–water partition coefficient (Wildman–Crippen LogP) is 1.24. The molecule has 1 atom stereocenters. The van der Waals surface area contributed by atoms with Crippen LogP contribution in [0.25, 0.3) is 0 Å². The highest BCUT2D eigenvalue weighted by Crippen LogP contribution is 2.13. The molecule has 0 radical (unpaired) electrons. The summed E-state index contributed by atoms with van der Waals surface area (Å²) in [6.45, 7) is 4.43. The van der Waals surface area contributed by atoms with Crippen molar-refractivity contribution in [1.29, 1.82) is 0 Å². The van der Waals surface area contributed by atoms with Crippen molar-refractivity contribution in [1.82, 2.24) is 10.6 Å². The van der Waals surface area contributed by atoms with Crippen LogP contribution in [0.4, 0.5) is 0 Å². The maximum atomic E-state index is 11.7. The van der Waals surface area contributed by atoms with Gasteiger partial charge in [-0.15, -0.1) is 0 Å². The van der Waals surface area contributed by atoms with E-state index in [1.54, 1.807) is 14.0 Å². The Balaban J connectivity index is 2.29. The van der Waals surface area contributed by atoms with E-state index in [2.05, 4.69) is 10.6 Å². The summed E-state index contributed by atoms with van der Waals surface area (Å²) in [5.41, 5.74) is 0.917. The molecule has 2 amide bonds. The quantitative estimate of drug-likeness (QED) is 0.719. The van der Waals surface area contributed by atoms with Crippen molar-refractivity contribution >= 4 is 11.8 Å². The van der Waals surface area contributed by atoms with Gasteiger partial charge < -0.3 is 20.1 Å². The third kappa shape index (κ3) is 6.58. The molecule has 0 spiro atoms. The SMILES string of the molecule is CCCNC(=O)[C@@H](C)NC(=O)COCc1cccc(OC)c1. The Morgan fingerprint density at radius 1 is 1.32 bits per heavy atom. The van der Waals surface area contributed by atoms with E-state index in [-0.39, 0.29) is 18.4 Å². The van der Waals surface area contributed by atoms with Crippen LogP contribution in [0.2, 0.25) is 0 Å². The zero-order chi connectivity index (χ0) is 16.4. The number of carbonyl (C=O) groups excluding carboxylic acids is 2. The smallest absolute Gasteiger partial charge is 0.246 e. The van der Waals surface area contributed by atoms with Crippen molar-refractivity contribution in [3.05, 3.63) is 29.8 Å². The first-order chi connectivity index (χ1) is 10.6. The Morgan fingerprint density at radius 2 is 2.09 bits per heavy atom. The molecule has 1 aromatic rings. The van der Waals surface area contributed by atoms with Gasteiger partial charge in [-0.25, -0.2) is 0 Å². The molecule has 0 saturated carbocycles. The molecular formula is C16H24N2O4. The maximum Gasteiger partial charge on any atom is 0.246 e. The normalized spacial score (nSPS) is 11.6. The molecule has 122 valence electrons. The van der Waals surface area contributed by atoms with Crippen LogP contribution in [0.3, 0.4) is 0 Å². The summed E-state index contributed by atoms with van der Waals surface area (Å²) in [5.74, 6) is 0.233. The van der Waals surface area contributed by atoms with Gasteiger partial charge in [0.1, 0.15) is 18.4 Å². The fraction of sp³-hybridized carbons (Fsp3) is 0.500. The van der Waals surface area contributed by atoms with Gasteiger partial charge in [-0.05, 0) is 31.0 Å². The summed E-state index contributed by atoms with van der Waals surface area (Å²) in [6, 6.07) is 6.87. The third-order valence-electron chi connectivity index (χ3n) is 2.96. The molecule has 0 aromatic heterocycles. The van der Waals surface area contributed by atoms with Gasteiger partial charge >= 0.3 is 0 Å². The van der Waals surface area contributed by atoms with E-state index in [0.29, 0.717) is 13.2 Å². The highest BCUT2D eigenvalue weighted by atomic mass is 16.5. The summed E-state index contributed by atoms with van der Waals surface area (Å²) in [6.07, 6.45) is 0.857. The number of rotatable bonds is 9. The summed E-state index contributed by atoms with van der Waals surface area (Å²) in [5, 5.41) is 5.32. The topological polar surface area (TPSA) is 76.7 Å². The van der Waals surface area contributed by atoms with Crippen molar-refractivity contribution in [2.24, 2.45) is 0 Å². The van der Waals surface area contributed by atoms with Gasteiger partial charge in [0, 0.05) is 6.54 Å². The van der Waals surface area contributed by atoms with Crippen molar-refractivity contribution in [3.8, 4) is 5.75 Å². The number of hydrogen-bond donors (Lipinski definition) is 2. The van der Waals surface area contributed by atoms with Gasteiger partial charge in [0.2, 0.25) is 11.8 Å². The van der Waals surface area contributed by atoms with E-state index in [1.165, 1.54) is 0 Å². The number of carbonyl (C=O) groups is 2. The van der Waals surface area contributed by atoms with Crippen LogP contribution in [-0.2, 0) is 20.9 Å². The van der Waals surface area contributed by atoms with Crippen LogP contribution in [0.15, 0.2) is 24.3 Å². The molecule has 1 rings (SSSR count). The lowest BCUT2D eigenvalue weighted by Gasteiger charge is -2.14. The van der Waals surface area contributed by atoms with Gasteiger partial charge in [-0.1, -0.05) is 19.1 Å². The van der Waals surface area contributed by atoms with Crippen LogP contribution >= 0.6 is 0 Å². The fourth-order valence-electron chi connectivity index (χ4n) is 1.77. The van der Waals surface area contributed by atoms with Crippen molar-refractivity contribution in [2.75, 3.05) is 20.3 Å². The second-order valence-corrected chi connectivity index (χ2v) is 4.92. The summed E-state index contributed by atoms with van der Waals surface area (Å²) < 4.78 is 10.5. The van der Waals surface area contributed by atoms with Gasteiger partial charge in [-0.3, -0.25) is 9.59 Å². The second-order valence-electron chi connectivity index (χ2n) is 4.92. The standard InChI is InChI=1S/C16H24N2O4/c1-4-8-17-16(20)12(2)18-15(19)11-22-10-13-6-5-7-14(9-13)21-3/h5-7,9,12H,4,8,10-11H2,1-3H3,(H,17,20)(H,18,19)/t12-/m1/s1. The molecule has 6 nitrogen and oxygen atoms in total. The molecule has 0 fully saturated rings. The van der Waals surface area contributed by atoms with Crippen LogP contribution in [0.5, 0.6) is 5.75 Å². The number of methoxy groups -OCH3 is 1. The minimum absolute atomic E-state index is 0.0946. The van der Waals surface area contributed by atoms with Crippen molar-refractivity contribution in [2.45, 2.75) is 32.9 Å². The number of hydrogen-bond acceptors (Lipinski definition) is 4. The molecule has 0 aliphatic carbocycles. The number of nitrogens with one attached hydrogen (secondary N) is 2. The summed E-state index contributed by atoms with van der Waals surface area (Å²) in [4.78, 5) is 23.3. The Kier molecular flexibility index (Phi) is 7.99. The average Bonchev–Trinajstić information content (AvgIpc) is 2.52. The molecule has 0 saturated heterocycles. The zero-order valence-corrected chi connectivity index (χ0v) is 13.3. The lowest BCUT2D eigenvalue weighted by atomic mass is 10.2. The van der Waals surface area contributed by atoms with Crippen LogP contribution in [0, 0.1) is 0 Å². The molecule has 0 aliphatic rings. The monoisotopic (exact) mass is 308 g/mol. The average molecular weight is 308 g/mol. The van der Waals surface area contributed by atoms with E-state index in [1.807, 2.05) is 31.2 Å².